The van der Waals surface area contributed by atoms with Crippen molar-refractivity contribution in [2.75, 3.05) is 6.54 Å². The maximum Gasteiger partial charge on any atom is 0.305 e. The number of benzene rings is 2. The molecule has 1 amide bonds. The molecule has 0 radical (unpaired) electrons. The maximum atomic E-state index is 14.4. The highest BCUT2D eigenvalue weighted by molar-refractivity contribution is 6.46. The Bertz CT molecular complexity index is 938. The number of nitrogens with zero attached hydrogens (tertiary/aromatic N) is 1. The number of aliphatic carboxylic acids is 1. The van der Waals surface area contributed by atoms with E-state index in [0.717, 1.165) is 4.90 Å². The van der Waals surface area contributed by atoms with Crippen molar-refractivity contribution in [1.82, 2.24) is 4.90 Å². The summed E-state index contributed by atoms with van der Waals surface area (Å²) in [5.74, 6) is -4.20. The molecule has 0 bridgehead atoms. The Morgan fingerprint density at radius 2 is 1.63 bits per heavy atom. The van der Waals surface area contributed by atoms with Crippen LogP contribution in [0.25, 0.3) is 5.76 Å². The van der Waals surface area contributed by atoms with Crippen LogP contribution >= 0.6 is 0 Å². The van der Waals surface area contributed by atoms with E-state index in [1.807, 2.05) is 0 Å². The molecule has 0 aliphatic carbocycles. The Kier molecular flexibility index (Phi) is 5.03. The highest BCUT2D eigenvalue weighted by Crippen LogP contribution is 2.40. The third-order valence-electron chi connectivity index (χ3n) is 4.35. The van der Waals surface area contributed by atoms with E-state index in [0.29, 0.717) is 5.56 Å². The number of carbonyl (C=O) groups is 3. The lowest BCUT2D eigenvalue weighted by Gasteiger charge is -2.25. The van der Waals surface area contributed by atoms with E-state index < -0.39 is 41.7 Å². The predicted molar refractivity (Wildman–Crippen MR) is 94.1 cm³/mol. The Labute approximate surface area is 154 Å². The molecule has 2 N–H and O–H groups in total. The number of hydrogen-bond donors (Lipinski definition) is 2. The number of carboxylic acid groups (broad SMARTS) is 1. The molecule has 0 aromatic heterocycles. The van der Waals surface area contributed by atoms with Gasteiger partial charge >= 0.3 is 5.97 Å². The Balaban J connectivity index is 2.18. The van der Waals surface area contributed by atoms with Gasteiger partial charge in [-0.05, 0) is 6.07 Å². The van der Waals surface area contributed by atoms with Crippen LogP contribution in [0, 0.1) is 5.82 Å². The van der Waals surface area contributed by atoms with Crippen LogP contribution in [-0.2, 0) is 14.4 Å². The van der Waals surface area contributed by atoms with Crippen LogP contribution in [0.2, 0.25) is 0 Å². The average Bonchev–Trinajstić information content (AvgIpc) is 2.91. The van der Waals surface area contributed by atoms with Crippen molar-refractivity contribution < 1.29 is 29.0 Å². The van der Waals surface area contributed by atoms with E-state index in [9.17, 15) is 23.9 Å². The van der Waals surface area contributed by atoms with Crippen molar-refractivity contribution in [3.63, 3.8) is 0 Å². The smallest absolute Gasteiger partial charge is 0.305 e. The second-order valence-corrected chi connectivity index (χ2v) is 6.02. The molecule has 3 rings (SSSR count). The summed E-state index contributed by atoms with van der Waals surface area (Å²) >= 11 is 0. The third-order valence-corrected chi connectivity index (χ3v) is 4.35. The molecule has 2 aromatic rings. The highest BCUT2D eigenvalue weighted by atomic mass is 19.1. The first-order chi connectivity index (χ1) is 12.9. The zero-order chi connectivity index (χ0) is 19.6. The summed E-state index contributed by atoms with van der Waals surface area (Å²) in [6, 6.07) is 12.5. The number of halogens is 1. The van der Waals surface area contributed by atoms with E-state index in [1.165, 1.54) is 24.3 Å². The van der Waals surface area contributed by atoms with Crippen molar-refractivity contribution in [1.29, 1.82) is 0 Å². The van der Waals surface area contributed by atoms with Crippen LogP contribution < -0.4 is 0 Å². The minimum absolute atomic E-state index is 0.0135. The molecule has 1 aliphatic rings. The number of amides is 1. The second-order valence-electron chi connectivity index (χ2n) is 6.02. The number of Topliss-reactive ketones (excluding diaryl/α,β-unsaturated/α-hetero) is 1. The average molecular weight is 369 g/mol. The largest absolute Gasteiger partial charge is 0.507 e. The Hall–Kier alpha value is -3.48. The molecule has 2 aromatic carbocycles. The van der Waals surface area contributed by atoms with Gasteiger partial charge in [-0.3, -0.25) is 14.4 Å². The molecule has 138 valence electrons. The molecule has 0 spiro atoms. The minimum Gasteiger partial charge on any atom is -0.507 e. The SMILES string of the molecule is O=C(O)CCN1C(=O)C(=O)C(=C(O)c2ccccc2)[C@@H]1c1ccccc1F. The van der Waals surface area contributed by atoms with Gasteiger partial charge in [0, 0.05) is 17.7 Å². The van der Waals surface area contributed by atoms with Crippen LogP contribution in [0.1, 0.15) is 23.6 Å². The number of hydrogen-bond acceptors (Lipinski definition) is 4. The van der Waals surface area contributed by atoms with Crippen LogP contribution in [0.15, 0.2) is 60.2 Å². The number of likely N-dealkylation sites (tertiary alicyclic amines) is 1. The van der Waals surface area contributed by atoms with Gasteiger partial charge in [-0.1, -0.05) is 48.5 Å². The monoisotopic (exact) mass is 369 g/mol. The van der Waals surface area contributed by atoms with Crippen LogP contribution in [-0.4, -0.2) is 39.3 Å². The molecule has 27 heavy (non-hydrogen) atoms. The van der Waals surface area contributed by atoms with Gasteiger partial charge < -0.3 is 15.1 Å². The van der Waals surface area contributed by atoms with Crippen molar-refractivity contribution in [3.05, 3.63) is 77.1 Å². The van der Waals surface area contributed by atoms with Gasteiger partial charge in [0.15, 0.2) is 0 Å². The Morgan fingerprint density at radius 1 is 1.00 bits per heavy atom. The quantitative estimate of drug-likeness (QED) is 0.480. The number of aliphatic hydroxyl groups excluding tert-OH is 1. The summed E-state index contributed by atoms with van der Waals surface area (Å²) in [4.78, 5) is 37.0. The molecular weight excluding hydrogens is 353 g/mol. The van der Waals surface area contributed by atoms with Crippen molar-refractivity contribution >= 4 is 23.4 Å². The number of aliphatic hydroxyl groups is 1. The zero-order valence-electron chi connectivity index (χ0n) is 14.1. The van der Waals surface area contributed by atoms with Crippen LogP contribution in [0.5, 0.6) is 0 Å². The van der Waals surface area contributed by atoms with Gasteiger partial charge in [-0.2, -0.15) is 0 Å². The lowest BCUT2D eigenvalue weighted by atomic mass is 9.95. The fourth-order valence-electron chi connectivity index (χ4n) is 3.10. The molecular formula is C20H16FNO5. The van der Waals surface area contributed by atoms with Gasteiger partial charge in [-0.15, -0.1) is 0 Å². The van der Waals surface area contributed by atoms with Crippen molar-refractivity contribution in [2.24, 2.45) is 0 Å². The molecule has 7 heteroatoms. The summed E-state index contributed by atoms with van der Waals surface area (Å²) in [6.07, 6.45) is -0.413. The van der Waals surface area contributed by atoms with Crippen molar-refractivity contribution in [2.45, 2.75) is 12.5 Å². The zero-order valence-corrected chi connectivity index (χ0v) is 14.1. The molecule has 6 nitrogen and oxygen atoms in total. The summed E-state index contributed by atoms with van der Waals surface area (Å²) < 4.78 is 14.4. The number of carbonyl (C=O) groups excluding carboxylic acids is 2. The van der Waals surface area contributed by atoms with Gasteiger partial charge in [-0.25, -0.2) is 4.39 Å². The minimum atomic E-state index is -1.20. The summed E-state index contributed by atoms with van der Waals surface area (Å²) in [7, 11) is 0. The molecule has 0 unspecified atom stereocenters. The number of rotatable bonds is 5. The van der Waals surface area contributed by atoms with E-state index >= 15 is 0 Å². The first kappa shape index (κ1) is 18.3. The second kappa shape index (κ2) is 7.41. The van der Waals surface area contributed by atoms with Crippen LogP contribution in [0.3, 0.4) is 0 Å². The molecule has 1 fully saturated rings. The molecule has 0 saturated carbocycles. The lowest BCUT2D eigenvalue weighted by molar-refractivity contribution is -0.142. The molecule has 1 heterocycles. The van der Waals surface area contributed by atoms with Gasteiger partial charge in [0.25, 0.3) is 11.7 Å². The van der Waals surface area contributed by atoms with Gasteiger partial charge in [0.05, 0.1) is 18.0 Å². The van der Waals surface area contributed by atoms with Gasteiger partial charge in [0.1, 0.15) is 11.6 Å². The van der Waals surface area contributed by atoms with E-state index in [-0.39, 0.29) is 17.7 Å². The first-order valence-electron chi connectivity index (χ1n) is 8.22. The summed E-state index contributed by atoms with van der Waals surface area (Å²) in [6.45, 7) is -0.287. The number of carboxylic acids is 1. The third kappa shape index (κ3) is 3.44. The fourth-order valence-corrected chi connectivity index (χ4v) is 3.10. The summed E-state index contributed by atoms with van der Waals surface area (Å²) in [5, 5.41) is 19.6. The lowest BCUT2D eigenvalue weighted by Crippen LogP contribution is -2.32. The van der Waals surface area contributed by atoms with Crippen LogP contribution in [0.4, 0.5) is 4.39 Å². The Morgan fingerprint density at radius 3 is 2.26 bits per heavy atom. The topological polar surface area (TPSA) is 94.9 Å². The molecule has 1 atom stereocenters. The normalized spacial score (nSPS) is 18.7. The van der Waals surface area contributed by atoms with E-state index in [2.05, 4.69) is 0 Å². The standard InChI is InChI=1S/C20H16FNO5/c21-14-9-5-4-8-13(14)17-16(18(25)12-6-2-1-3-7-12)19(26)20(27)22(17)11-10-15(23)24/h1-9,17,25H,10-11H2,(H,23,24)/t17-/m0/s1. The highest BCUT2D eigenvalue weighted by Gasteiger charge is 2.46. The predicted octanol–water partition coefficient (Wildman–Crippen LogP) is 2.72. The number of ketones is 1. The molecule has 1 aliphatic heterocycles. The first-order valence-corrected chi connectivity index (χ1v) is 8.22. The summed E-state index contributed by atoms with van der Waals surface area (Å²) in [5.41, 5.74) is 0.0522. The van der Waals surface area contributed by atoms with Gasteiger partial charge in [0.2, 0.25) is 0 Å². The fraction of sp³-hybridized carbons (Fsp3) is 0.150. The van der Waals surface area contributed by atoms with E-state index in [4.69, 9.17) is 5.11 Å². The molecule has 1 saturated heterocycles. The van der Waals surface area contributed by atoms with Crippen molar-refractivity contribution in [3.8, 4) is 0 Å². The van der Waals surface area contributed by atoms with E-state index in [1.54, 1.807) is 30.3 Å². The maximum absolute atomic E-state index is 14.4.